The van der Waals surface area contributed by atoms with Crippen LogP contribution in [0.2, 0.25) is 0 Å². The molecule has 1 fully saturated rings. The summed E-state index contributed by atoms with van der Waals surface area (Å²) < 4.78 is 10.8. The van der Waals surface area contributed by atoms with E-state index in [4.69, 9.17) is 9.47 Å². The predicted octanol–water partition coefficient (Wildman–Crippen LogP) is 1.40. The average Bonchev–Trinajstić information content (AvgIpc) is 2.59. The molecule has 0 spiro atoms. The van der Waals surface area contributed by atoms with Crippen LogP contribution in [0.15, 0.2) is 24.3 Å². The molecule has 0 bridgehead atoms. The summed E-state index contributed by atoms with van der Waals surface area (Å²) in [5, 5.41) is 0. The Morgan fingerprint density at radius 2 is 1.78 bits per heavy atom. The average molecular weight is 320 g/mol. The van der Waals surface area contributed by atoms with Crippen LogP contribution in [-0.2, 0) is 9.59 Å². The second-order valence-electron chi connectivity index (χ2n) is 5.83. The standard InChI is InChI=1S/C17H24N2O4/c1-18(2)17(21)13-8-10-19(11-9-13)16(20)12-23-15-7-5-4-6-14(15)22-3/h4-7,13H,8-12H2,1-3H3. The Balaban J connectivity index is 1.82. The van der Waals surface area contributed by atoms with Crippen molar-refractivity contribution in [3.63, 3.8) is 0 Å². The molecule has 1 aromatic rings. The summed E-state index contributed by atoms with van der Waals surface area (Å²) in [6.07, 6.45) is 1.41. The van der Waals surface area contributed by atoms with E-state index in [0.717, 1.165) is 0 Å². The zero-order chi connectivity index (χ0) is 16.8. The summed E-state index contributed by atoms with van der Waals surface area (Å²) in [5.41, 5.74) is 0. The van der Waals surface area contributed by atoms with Crippen molar-refractivity contribution in [3.8, 4) is 11.5 Å². The molecule has 6 nitrogen and oxygen atoms in total. The third kappa shape index (κ3) is 4.37. The van der Waals surface area contributed by atoms with Crippen LogP contribution in [0.5, 0.6) is 11.5 Å². The first-order chi connectivity index (χ1) is 11.0. The highest BCUT2D eigenvalue weighted by atomic mass is 16.5. The van der Waals surface area contributed by atoms with Crippen molar-refractivity contribution in [3.05, 3.63) is 24.3 Å². The molecule has 0 unspecified atom stereocenters. The number of carbonyl (C=O) groups excluding carboxylic acids is 2. The molecule has 6 heteroatoms. The number of benzene rings is 1. The van der Waals surface area contributed by atoms with Crippen molar-refractivity contribution >= 4 is 11.8 Å². The fourth-order valence-electron chi connectivity index (χ4n) is 2.71. The van der Waals surface area contributed by atoms with Gasteiger partial charge in [0.05, 0.1) is 7.11 Å². The quantitative estimate of drug-likeness (QED) is 0.823. The maximum Gasteiger partial charge on any atom is 0.260 e. The molecule has 1 aromatic carbocycles. The normalized spacial score (nSPS) is 15.2. The molecule has 0 saturated carbocycles. The molecule has 0 aromatic heterocycles. The Labute approximate surface area is 137 Å². The van der Waals surface area contributed by atoms with Crippen LogP contribution in [-0.4, -0.2) is 62.5 Å². The molecule has 1 heterocycles. The molecule has 1 aliphatic heterocycles. The molecule has 23 heavy (non-hydrogen) atoms. The summed E-state index contributed by atoms with van der Waals surface area (Å²) in [4.78, 5) is 27.6. The number of likely N-dealkylation sites (tertiary alicyclic amines) is 1. The summed E-state index contributed by atoms with van der Waals surface area (Å²) in [6, 6.07) is 7.24. The Hall–Kier alpha value is -2.24. The molecule has 2 amide bonds. The molecule has 1 aliphatic rings. The smallest absolute Gasteiger partial charge is 0.260 e. The number of carbonyl (C=O) groups is 2. The van der Waals surface area contributed by atoms with E-state index in [2.05, 4.69) is 0 Å². The lowest BCUT2D eigenvalue weighted by atomic mass is 9.95. The second-order valence-corrected chi connectivity index (χ2v) is 5.83. The molecule has 1 saturated heterocycles. The molecular weight excluding hydrogens is 296 g/mol. The van der Waals surface area contributed by atoms with Crippen molar-refractivity contribution in [1.29, 1.82) is 0 Å². The van der Waals surface area contributed by atoms with Gasteiger partial charge in [-0.2, -0.15) is 0 Å². The van der Waals surface area contributed by atoms with Gasteiger partial charge in [0.25, 0.3) is 5.91 Å². The fraction of sp³-hybridized carbons (Fsp3) is 0.529. The highest BCUT2D eigenvalue weighted by Crippen LogP contribution is 2.26. The summed E-state index contributed by atoms with van der Waals surface area (Å²) in [7, 11) is 5.10. The van der Waals surface area contributed by atoms with Crippen LogP contribution >= 0.6 is 0 Å². The Morgan fingerprint density at radius 1 is 1.17 bits per heavy atom. The summed E-state index contributed by atoms with van der Waals surface area (Å²) in [6.45, 7) is 1.17. The van der Waals surface area contributed by atoms with Crippen LogP contribution in [0.4, 0.5) is 0 Å². The molecular formula is C17H24N2O4. The van der Waals surface area contributed by atoms with E-state index >= 15 is 0 Å². The lowest BCUT2D eigenvalue weighted by molar-refractivity contribution is -0.140. The maximum absolute atomic E-state index is 12.2. The summed E-state index contributed by atoms with van der Waals surface area (Å²) >= 11 is 0. The van der Waals surface area contributed by atoms with Crippen molar-refractivity contribution in [2.45, 2.75) is 12.8 Å². The molecule has 0 N–H and O–H groups in total. The van der Waals surface area contributed by atoms with E-state index in [1.807, 2.05) is 12.1 Å². The maximum atomic E-state index is 12.2. The largest absolute Gasteiger partial charge is 0.493 e. The van der Waals surface area contributed by atoms with Crippen molar-refractivity contribution in [2.75, 3.05) is 40.9 Å². The topological polar surface area (TPSA) is 59.1 Å². The Morgan fingerprint density at radius 3 is 2.35 bits per heavy atom. The molecule has 126 valence electrons. The number of hydrogen-bond donors (Lipinski definition) is 0. The zero-order valence-electron chi connectivity index (χ0n) is 13.9. The van der Waals surface area contributed by atoms with Crippen LogP contribution in [0, 0.1) is 5.92 Å². The van der Waals surface area contributed by atoms with E-state index in [1.165, 1.54) is 0 Å². The molecule has 2 rings (SSSR count). The van der Waals surface area contributed by atoms with E-state index in [-0.39, 0.29) is 24.3 Å². The van der Waals surface area contributed by atoms with Gasteiger partial charge < -0.3 is 19.3 Å². The van der Waals surface area contributed by atoms with E-state index < -0.39 is 0 Å². The third-order valence-electron chi connectivity index (χ3n) is 4.06. The van der Waals surface area contributed by atoms with Crippen LogP contribution in [0.3, 0.4) is 0 Å². The van der Waals surface area contributed by atoms with Crippen molar-refractivity contribution in [2.24, 2.45) is 5.92 Å². The number of piperidine rings is 1. The van der Waals surface area contributed by atoms with Crippen LogP contribution in [0.25, 0.3) is 0 Å². The Kier molecular flexibility index (Phi) is 5.84. The number of ether oxygens (including phenoxy) is 2. The second kappa shape index (κ2) is 7.85. The van der Waals surface area contributed by atoms with Gasteiger partial charge in [0.15, 0.2) is 18.1 Å². The van der Waals surface area contributed by atoms with Gasteiger partial charge in [-0.25, -0.2) is 0 Å². The number of methoxy groups -OCH3 is 1. The van der Waals surface area contributed by atoms with Gasteiger partial charge in [-0.05, 0) is 25.0 Å². The van der Waals surface area contributed by atoms with Gasteiger partial charge in [0.1, 0.15) is 0 Å². The molecule has 0 radical (unpaired) electrons. The minimum Gasteiger partial charge on any atom is -0.493 e. The van der Waals surface area contributed by atoms with Gasteiger partial charge in [-0.15, -0.1) is 0 Å². The third-order valence-corrected chi connectivity index (χ3v) is 4.06. The minimum absolute atomic E-state index is 0.0178. The number of para-hydroxylation sites is 2. The van der Waals surface area contributed by atoms with Gasteiger partial charge in [-0.3, -0.25) is 9.59 Å². The highest BCUT2D eigenvalue weighted by Gasteiger charge is 2.28. The van der Waals surface area contributed by atoms with Gasteiger partial charge in [0, 0.05) is 33.1 Å². The fourth-order valence-corrected chi connectivity index (χ4v) is 2.71. The van der Waals surface area contributed by atoms with E-state index in [0.29, 0.717) is 37.4 Å². The first-order valence-electron chi connectivity index (χ1n) is 7.77. The minimum atomic E-state index is -0.0633. The van der Waals surface area contributed by atoms with Crippen molar-refractivity contribution in [1.82, 2.24) is 9.80 Å². The molecule has 0 atom stereocenters. The highest BCUT2D eigenvalue weighted by molar-refractivity contribution is 5.80. The number of amides is 2. The number of hydrogen-bond acceptors (Lipinski definition) is 4. The SMILES string of the molecule is COc1ccccc1OCC(=O)N1CCC(C(=O)N(C)C)CC1. The monoisotopic (exact) mass is 320 g/mol. The lowest BCUT2D eigenvalue weighted by Crippen LogP contribution is -2.44. The van der Waals surface area contributed by atoms with Crippen molar-refractivity contribution < 1.29 is 19.1 Å². The number of rotatable bonds is 5. The lowest BCUT2D eigenvalue weighted by Gasteiger charge is -2.32. The van der Waals surface area contributed by atoms with Crippen LogP contribution < -0.4 is 9.47 Å². The van der Waals surface area contributed by atoms with Gasteiger partial charge >= 0.3 is 0 Å². The van der Waals surface area contributed by atoms with E-state index in [9.17, 15) is 9.59 Å². The van der Waals surface area contributed by atoms with E-state index in [1.54, 1.807) is 43.1 Å². The van der Waals surface area contributed by atoms with Gasteiger partial charge in [-0.1, -0.05) is 12.1 Å². The zero-order valence-corrected chi connectivity index (χ0v) is 13.9. The number of nitrogens with zero attached hydrogens (tertiary/aromatic N) is 2. The van der Waals surface area contributed by atoms with Gasteiger partial charge in [0.2, 0.25) is 5.91 Å². The Bertz CT molecular complexity index is 551. The van der Waals surface area contributed by atoms with Crippen LogP contribution in [0.1, 0.15) is 12.8 Å². The first-order valence-corrected chi connectivity index (χ1v) is 7.77. The molecule has 0 aliphatic carbocycles. The predicted molar refractivity (Wildman–Crippen MR) is 86.5 cm³/mol. The first kappa shape index (κ1) is 17.1. The summed E-state index contributed by atoms with van der Waals surface area (Å²) in [5.74, 6) is 1.26.